The molecule has 2 aromatic heterocycles. The third-order valence-electron chi connectivity index (χ3n) is 6.62. The minimum Gasteiger partial charge on any atom is -0.384 e. The summed E-state index contributed by atoms with van der Waals surface area (Å²) in [7, 11) is 0. The first-order valence-electron chi connectivity index (χ1n) is 11.5. The summed E-state index contributed by atoms with van der Waals surface area (Å²) in [6.07, 6.45) is 0.535. The minimum atomic E-state index is -4.53. The summed E-state index contributed by atoms with van der Waals surface area (Å²) in [5.41, 5.74) is -2.12. The van der Waals surface area contributed by atoms with Gasteiger partial charge in [0.1, 0.15) is 36.1 Å². The number of unbranched alkanes of at least 4 members (excludes halogenated alkanes) is 1. The molecular weight excluding hydrogens is 445 g/mol. The Morgan fingerprint density at radius 2 is 1.79 bits per heavy atom. The molecule has 0 unspecified atom stereocenters. The van der Waals surface area contributed by atoms with Gasteiger partial charge in [-0.2, -0.15) is 13.2 Å². The smallest absolute Gasteiger partial charge is 0.384 e. The number of Topliss-reactive ketones (excluding diaryl/α,β-unsaturated/α-hetero) is 1. The van der Waals surface area contributed by atoms with E-state index in [2.05, 4.69) is 9.97 Å². The van der Waals surface area contributed by atoms with Crippen molar-refractivity contribution in [1.29, 1.82) is 0 Å². The zero-order valence-corrected chi connectivity index (χ0v) is 18.3. The topological polar surface area (TPSA) is 68.0 Å². The molecule has 0 bridgehead atoms. The van der Waals surface area contributed by atoms with Crippen molar-refractivity contribution < 1.29 is 31.9 Å². The molecule has 2 heterocycles. The highest BCUT2D eigenvalue weighted by atomic mass is 19.4. The number of imidazole rings is 1. The van der Waals surface area contributed by atoms with Crippen LogP contribution in [0.1, 0.15) is 86.8 Å². The summed E-state index contributed by atoms with van der Waals surface area (Å²) in [4.78, 5) is 20.7. The van der Waals surface area contributed by atoms with E-state index in [1.807, 2.05) is 4.57 Å². The minimum absolute atomic E-state index is 0.0638. The first kappa shape index (κ1) is 24.0. The third-order valence-corrected chi connectivity index (χ3v) is 6.62. The molecule has 0 atom stereocenters. The highest BCUT2D eigenvalue weighted by Gasteiger charge is 2.41. The Balaban J connectivity index is 1.51. The fourth-order valence-corrected chi connectivity index (χ4v) is 4.41. The molecule has 0 amide bonds. The summed E-state index contributed by atoms with van der Waals surface area (Å²) in [5.74, 6) is 0.111. The van der Waals surface area contributed by atoms with Crippen LogP contribution in [0.25, 0.3) is 11.2 Å². The monoisotopic (exact) mass is 473 g/mol. The van der Waals surface area contributed by atoms with E-state index >= 15 is 0 Å². The molecule has 0 spiro atoms. The summed E-state index contributed by atoms with van der Waals surface area (Å²) in [6.45, 7) is -2.65. The van der Waals surface area contributed by atoms with Crippen molar-refractivity contribution in [3.05, 3.63) is 23.1 Å². The van der Waals surface area contributed by atoms with Gasteiger partial charge in [-0.25, -0.2) is 18.7 Å². The van der Waals surface area contributed by atoms with Crippen molar-refractivity contribution in [1.82, 2.24) is 14.5 Å². The Hall–Kier alpha value is -2.10. The van der Waals surface area contributed by atoms with E-state index in [9.17, 15) is 31.9 Å². The number of carbonyl (C=O) groups excluding carboxylic acids is 1. The predicted octanol–water partition coefficient (Wildman–Crippen LogP) is 5.39. The number of aromatic nitrogens is 3. The number of hydrogen-bond donors (Lipinski definition) is 1. The Labute approximate surface area is 188 Å². The van der Waals surface area contributed by atoms with Gasteiger partial charge in [-0.1, -0.05) is 0 Å². The number of hydrogen-bond acceptors (Lipinski definition) is 4. The third kappa shape index (κ3) is 5.20. The molecule has 33 heavy (non-hydrogen) atoms. The summed E-state index contributed by atoms with van der Waals surface area (Å²) >= 11 is 0. The fraction of sp³-hybridized carbons (Fsp3) is 0.696. The number of halogens is 5. The molecule has 2 fully saturated rings. The van der Waals surface area contributed by atoms with Crippen LogP contribution in [0.3, 0.4) is 0 Å². The average molecular weight is 473 g/mol. The lowest BCUT2D eigenvalue weighted by Crippen LogP contribution is -2.36. The largest absolute Gasteiger partial charge is 0.433 e. The highest BCUT2D eigenvalue weighted by molar-refractivity contribution is 5.79. The molecule has 10 heteroatoms. The van der Waals surface area contributed by atoms with Crippen molar-refractivity contribution in [3.8, 4) is 0 Å². The molecule has 0 aliphatic heterocycles. The van der Waals surface area contributed by atoms with Crippen molar-refractivity contribution in [2.75, 3.05) is 13.3 Å². The molecule has 2 aromatic rings. The van der Waals surface area contributed by atoms with Gasteiger partial charge in [0, 0.05) is 25.3 Å². The van der Waals surface area contributed by atoms with Gasteiger partial charge in [0.05, 0.1) is 0 Å². The number of nitrogens with zero attached hydrogens (tertiary/aromatic N) is 3. The Kier molecular flexibility index (Phi) is 6.75. The number of fused-ring (bicyclic) bond motifs is 1. The van der Waals surface area contributed by atoms with Crippen LogP contribution in [0.15, 0.2) is 6.07 Å². The molecule has 5 nitrogen and oxygen atoms in total. The molecule has 0 radical (unpaired) electrons. The van der Waals surface area contributed by atoms with E-state index in [0.717, 1.165) is 32.1 Å². The normalized spacial score (nSPS) is 17.5. The van der Waals surface area contributed by atoms with E-state index < -0.39 is 43.0 Å². The maximum absolute atomic E-state index is 13.7. The maximum atomic E-state index is 13.7. The highest BCUT2D eigenvalue weighted by Crippen LogP contribution is 2.46. The van der Waals surface area contributed by atoms with Crippen LogP contribution in [0.2, 0.25) is 0 Å². The predicted molar refractivity (Wildman–Crippen MR) is 111 cm³/mol. The van der Waals surface area contributed by atoms with Gasteiger partial charge in [0.2, 0.25) is 0 Å². The molecule has 2 saturated carbocycles. The second-order valence-corrected chi connectivity index (χ2v) is 9.44. The van der Waals surface area contributed by atoms with E-state index in [1.54, 1.807) is 6.07 Å². The van der Waals surface area contributed by atoms with E-state index in [-0.39, 0.29) is 29.6 Å². The van der Waals surface area contributed by atoms with E-state index in [0.29, 0.717) is 30.6 Å². The van der Waals surface area contributed by atoms with Crippen molar-refractivity contribution >= 4 is 16.9 Å². The van der Waals surface area contributed by atoms with Crippen molar-refractivity contribution in [3.63, 3.8) is 0 Å². The number of aryl methyl sites for hydroxylation is 1. The van der Waals surface area contributed by atoms with Crippen LogP contribution in [-0.2, 0) is 17.4 Å². The van der Waals surface area contributed by atoms with Crippen LogP contribution in [0.5, 0.6) is 0 Å². The van der Waals surface area contributed by atoms with E-state index in [4.69, 9.17) is 0 Å². The second-order valence-electron chi connectivity index (χ2n) is 9.44. The number of ketones is 1. The Bertz CT molecular complexity index is 1010. The summed E-state index contributed by atoms with van der Waals surface area (Å²) in [6, 6.07) is 1.61. The molecule has 0 saturated heterocycles. The Morgan fingerprint density at radius 3 is 2.33 bits per heavy atom. The quantitative estimate of drug-likeness (QED) is 0.351. The van der Waals surface area contributed by atoms with Crippen LogP contribution in [-0.4, -0.2) is 44.4 Å². The maximum Gasteiger partial charge on any atom is 0.433 e. The summed E-state index contributed by atoms with van der Waals surface area (Å²) in [5, 5.41) is 9.62. The second kappa shape index (κ2) is 9.27. The number of carbonyl (C=O) groups is 1. The lowest BCUT2D eigenvalue weighted by Gasteiger charge is -2.29. The molecular formula is C23H28F5N3O2. The lowest BCUT2D eigenvalue weighted by atomic mass is 9.92. The number of rotatable bonds is 11. The molecule has 2 aliphatic carbocycles. The van der Waals surface area contributed by atoms with Crippen molar-refractivity contribution in [2.24, 2.45) is 0 Å². The van der Waals surface area contributed by atoms with Gasteiger partial charge in [-0.05, 0) is 62.5 Å². The summed E-state index contributed by atoms with van der Waals surface area (Å²) < 4.78 is 68.4. The molecule has 0 aromatic carbocycles. The molecule has 1 N–H and O–H groups in total. The average Bonchev–Trinajstić information content (AvgIpc) is 3.52. The Morgan fingerprint density at radius 1 is 1.09 bits per heavy atom. The van der Waals surface area contributed by atoms with Crippen molar-refractivity contribution in [2.45, 2.75) is 87.9 Å². The lowest BCUT2D eigenvalue weighted by molar-refractivity contribution is -0.141. The van der Waals surface area contributed by atoms with Gasteiger partial charge in [-0.15, -0.1) is 0 Å². The molecule has 182 valence electrons. The zero-order chi connectivity index (χ0) is 23.8. The van der Waals surface area contributed by atoms with E-state index in [1.165, 1.54) is 0 Å². The fourth-order valence-electron chi connectivity index (χ4n) is 4.41. The van der Waals surface area contributed by atoms with Gasteiger partial charge in [0.15, 0.2) is 11.3 Å². The van der Waals surface area contributed by atoms with Crippen LogP contribution in [0.4, 0.5) is 22.0 Å². The van der Waals surface area contributed by atoms with Gasteiger partial charge < -0.3 is 9.67 Å². The van der Waals surface area contributed by atoms with Crippen LogP contribution in [0, 0.1) is 0 Å². The first-order chi connectivity index (χ1) is 15.6. The molecule has 4 rings (SSSR count). The SMILES string of the molecule is O=C(CCCCc1nc2cc(C3CC3)c(C(F)(F)F)nc2n1C1CCC1)CC(O)(CF)CF. The van der Waals surface area contributed by atoms with Crippen LogP contribution < -0.4 is 0 Å². The van der Waals surface area contributed by atoms with Gasteiger partial charge >= 0.3 is 6.18 Å². The number of aliphatic hydroxyl groups is 1. The number of pyridine rings is 1. The molecule has 2 aliphatic rings. The number of alkyl halides is 5. The van der Waals surface area contributed by atoms with Gasteiger partial charge in [0.25, 0.3) is 0 Å². The first-order valence-corrected chi connectivity index (χ1v) is 11.5. The standard InChI is InChI=1S/C23H28F5N3O2/c24-12-22(33,13-25)11-16(32)6-1-2-7-19-29-18-10-17(14-8-9-14)20(23(26,27)28)30-21(18)31(19)15-4-3-5-15/h10,14-15,33H,1-9,11-13H2. The van der Waals surface area contributed by atoms with Gasteiger partial charge in [-0.3, -0.25) is 4.79 Å². The van der Waals surface area contributed by atoms with Crippen LogP contribution >= 0.6 is 0 Å². The zero-order valence-electron chi connectivity index (χ0n) is 18.3.